The Labute approximate surface area is 128 Å². The molecular formula is C16H18N4O2. The molecule has 1 aliphatic carbocycles. The Morgan fingerprint density at radius 3 is 2.68 bits per heavy atom. The number of para-hydroxylation sites is 1. The van der Waals surface area contributed by atoms with Crippen molar-refractivity contribution in [1.29, 1.82) is 0 Å². The summed E-state index contributed by atoms with van der Waals surface area (Å²) in [7, 11) is 0. The lowest BCUT2D eigenvalue weighted by atomic mass is 9.97. The van der Waals surface area contributed by atoms with Crippen LogP contribution in [-0.4, -0.2) is 21.6 Å². The monoisotopic (exact) mass is 298 g/mol. The second kappa shape index (κ2) is 5.63. The van der Waals surface area contributed by atoms with Crippen LogP contribution in [0, 0.1) is 0 Å². The number of anilines is 2. The maximum atomic E-state index is 12.4. The summed E-state index contributed by atoms with van der Waals surface area (Å²) >= 11 is 0. The molecule has 6 nitrogen and oxygen atoms in total. The fraction of sp³-hybridized carbons (Fsp3) is 0.312. The van der Waals surface area contributed by atoms with E-state index in [1.165, 1.54) is 11.6 Å². The molecule has 6 heteroatoms. The van der Waals surface area contributed by atoms with Gasteiger partial charge < -0.3 is 11.1 Å². The molecule has 1 aliphatic rings. The number of nitrogen functional groups attached to an aromatic ring is 1. The number of fused-ring (bicyclic) bond motifs is 1. The highest BCUT2D eigenvalue weighted by Gasteiger charge is 2.24. The summed E-state index contributed by atoms with van der Waals surface area (Å²) < 4.78 is 1.40. The third kappa shape index (κ3) is 2.47. The van der Waals surface area contributed by atoms with E-state index < -0.39 is 0 Å². The topological polar surface area (TPSA) is 90.0 Å². The molecule has 22 heavy (non-hydrogen) atoms. The molecule has 0 spiro atoms. The molecule has 0 atom stereocenters. The van der Waals surface area contributed by atoms with Gasteiger partial charge in [-0.3, -0.25) is 9.59 Å². The minimum Gasteiger partial charge on any atom is -0.398 e. The molecule has 2 aromatic rings. The van der Waals surface area contributed by atoms with E-state index in [0.29, 0.717) is 17.1 Å². The van der Waals surface area contributed by atoms with E-state index in [2.05, 4.69) is 10.4 Å². The van der Waals surface area contributed by atoms with Crippen molar-refractivity contribution in [1.82, 2.24) is 9.78 Å². The number of benzene rings is 1. The summed E-state index contributed by atoms with van der Waals surface area (Å²) in [5.74, 6) is 0.0238. The minimum atomic E-state index is -0.306. The van der Waals surface area contributed by atoms with Crippen LogP contribution in [0.4, 0.5) is 11.5 Å². The lowest BCUT2D eigenvalue weighted by Gasteiger charge is -2.13. The Morgan fingerprint density at radius 2 is 1.95 bits per heavy atom. The van der Waals surface area contributed by atoms with Crippen LogP contribution >= 0.6 is 0 Å². The van der Waals surface area contributed by atoms with Gasteiger partial charge >= 0.3 is 0 Å². The molecule has 0 bridgehead atoms. The van der Waals surface area contributed by atoms with Gasteiger partial charge in [0, 0.05) is 18.2 Å². The molecule has 3 rings (SSSR count). The summed E-state index contributed by atoms with van der Waals surface area (Å²) in [4.78, 5) is 24.1. The lowest BCUT2D eigenvalue weighted by Crippen LogP contribution is -2.16. The Kier molecular flexibility index (Phi) is 3.66. The van der Waals surface area contributed by atoms with E-state index in [0.717, 1.165) is 36.9 Å². The maximum absolute atomic E-state index is 12.4. The average molecular weight is 298 g/mol. The van der Waals surface area contributed by atoms with Crippen LogP contribution in [0.25, 0.3) is 0 Å². The second-order valence-corrected chi connectivity index (χ2v) is 5.45. The molecule has 0 aliphatic heterocycles. The average Bonchev–Trinajstić information content (AvgIpc) is 2.87. The van der Waals surface area contributed by atoms with Gasteiger partial charge in [0.15, 0.2) is 5.82 Å². The van der Waals surface area contributed by atoms with Crippen LogP contribution in [-0.2, 0) is 12.8 Å². The van der Waals surface area contributed by atoms with E-state index in [4.69, 9.17) is 5.73 Å². The van der Waals surface area contributed by atoms with E-state index in [-0.39, 0.29) is 11.8 Å². The molecule has 0 fully saturated rings. The van der Waals surface area contributed by atoms with Gasteiger partial charge in [0.2, 0.25) is 5.91 Å². The number of nitrogens with one attached hydrogen (secondary N) is 1. The van der Waals surface area contributed by atoms with Crippen molar-refractivity contribution < 1.29 is 9.59 Å². The third-order valence-corrected chi connectivity index (χ3v) is 3.92. The molecule has 0 saturated carbocycles. The van der Waals surface area contributed by atoms with Gasteiger partial charge in [0.25, 0.3) is 5.91 Å². The van der Waals surface area contributed by atoms with Crippen LogP contribution in [0.1, 0.15) is 46.2 Å². The highest BCUT2D eigenvalue weighted by atomic mass is 16.2. The predicted molar refractivity (Wildman–Crippen MR) is 84.0 cm³/mol. The van der Waals surface area contributed by atoms with Gasteiger partial charge in [-0.2, -0.15) is 0 Å². The minimum absolute atomic E-state index is 0.141. The highest BCUT2D eigenvalue weighted by Crippen LogP contribution is 2.28. The highest BCUT2D eigenvalue weighted by molar-refractivity contribution is 6.07. The van der Waals surface area contributed by atoms with Gasteiger partial charge in [0.1, 0.15) is 0 Å². The van der Waals surface area contributed by atoms with Crippen LogP contribution in [0.15, 0.2) is 24.3 Å². The largest absolute Gasteiger partial charge is 0.398 e. The normalized spacial score (nSPS) is 13.5. The number of hydrogen-bond acceptors (Lipinski definition) is 4. The molecular weight excluding hydrogens is 280 g/mol. The van der Waals surface area contributed by atoms with E-state index in [1.54, 1.807) is 24.3 Å². The third-order valence-electron chi connectivity index (χ3n) is 3.92. The molecule has 0 saturated heterocycles. The standard InChI is InChI=1S/C16H18N4O2/c1-10(21)20-14-9-5-3-7-12(14)15(19-20)18-16(22)11-6-2-4-8-13(11)17/h2,4,6,8H,3,5,7,9,17H2,1H3,(H,18,19,22). The van der Waals surface area contributed by atoms with Crippen molar-refractivity contribution in [2.45, 2.75) is 32.6 Å². The molecule has 1 amide bonds. The number of carbonyl (C=O) groups excluding carboxylic acids is 2. The zero-order chi connectivity index (χ0) is 15.7. The quantitative estimate of drug-likeness (QED) is 0.832. The van der Waals surface area contributed by atoms with Crippen LogP contribution in [0.2, 0.25) is 0 Å². The zero-order valence-corrected chi connectivity index (χ0v) is 12.4. The van der Waals surface area contributed by atoms with Crippen molar-refractivity contribution in [2.24, 2.45) is 0 Å². The Hall–Kier alpha value is -2.63. The summed E-state index contributed by atoms with van der Waals surface area (Å²) in [6, 6.07) is 6.88. The van der Waals surface area contributed by atoms with E-state index in [9.17, 15) is 9.59 Å². The molecule has 114 valence electrons. The number of rotatable bonds is 2. The van der Waals surface area contributed by atoms with Crippen molar-refractivity contribution in [3.63, 3.8) is 0 Å². The van der Waals surface area contributed by atoms with Gasteiger partial charge in [-0.05, 0) is 37.8 Å². The smallest absolute Gasteiger partial charge is 0.258 e. The summed E-state index contributed by atoms with van der Waals surface area (Å²) in [6.07, 6.45) is 3.70. The zero-order valence-electron chi connectivity index (χ0n) is 12.4. The van der Waals surface area contributed by atoms with Gasteiger partial charge in [-0.25, -0.2) is 4.68 Å². The van der Waals surface area contributed by atoms with Crippen molar-refractivity contribution >= 4 is 23.3 Å². The predicted octanol–water partition coefficient (Wildman–Crippen LogP) is 2.26. The van der Waals surface area contributed by atoms with Crippen molar-refractivity contribution in [3.05, 3.63) is 41.1 Å². The van der Waals surface area contributed by atoms with Gasteiger partial charge in [0.05, 0.1) is 11.3 Å². The first-order valence-electron chi connectivity index (χ1n) is 7.35. The first-order chi connectivity index (χ1) is 10.6. The van der Waals surface area contributed by atoms with Crippen LogP contribution in [0.3, 0.4) is 0 Å². The van der Waals surface area contributed by atoms with Gasteiger partial charge in [-0.15, -0.1) is 5.10 Å². The summed E-state index contributed by atoms with van der Waals surface area (Å²) in [6.45, 7) is 1.47. The number of amides is 1. The molecule has 1 aromatic heterocycles. The fourth-order valence-corrected chi connectivity index (χ4v) is 2.84. The Morgan fingerprint density at radius 1 is 1.23 bits per heavy atom. The number of hydrogen-bond donors (Lipinski definition) is 2. The molecule has 0 unspecified atom stereocenters. The van der Waals surface area contributed by atoms with Crippen LogP contribution < -0.4 is 11.1 Å². The number of nitrogens with zero attached hydrogens (tertiary/aromatic N) is 2. The van der Waals surface area contributed by atoms with Crippen molar-refractivity contribution in [2.75, 3.05) is 11.1 Å². The number of nitrogens with two attached hydrogens (primary N) is 1. The first kappa shape index (κ1) is 14.3. The fourth-order valence-electron chi connectivity index (χ4n) is 2.84. The van der Waals surface area contributed by atoms with Crippen molar-refractivity contribution in [3.8, 4) is 0 Å². The Bertz CT molecular complexity index is 749. The van der Waals surface area contributed by atoms with E-state index in [1.807, 2.05) is 0 Å². The maximum Gasteiger partial charge on any atom is 0.258 e. The SMILES string of the molecule is CC(=O)n1nc(NC(=O)c2ccccc2N)c2c1CCCC2. The molecule has 0 radical (unpaired) electrons. The van der Waals surface area contributed by atoms with E-state index >= 15 is 0 Å². The molecule has 1 aromatic carbocycles. The lowest BCUT2D eigenvalue weighted by molar-refractivity contribution is 0.0915. The summed E-state index contributed by atoms with van der Waals surface area (Å²) in [5.41, 5.74) is 8.52. The van der Waals surface area contributed by atoms with Crippen LogP contribution in [0.5, 0.6) is 0 Å². The first-order valence-corrected chi connectivity index (χ1v) is 7.35. The number of aromatic nitrogens is 2. The number of carbonyl (C=O) groups is 2. The Balaban J connectivity index is 1.94. The molecule has 3 N–H and O–H groups in total. The molecule has 1 heterocycles. The second-order valence-electron chi connectivity index (χ2n) is 5.45. The van der Waals surface area contributed by atoms with Gasteiger partial charge in [-0.1, -0.05) is 12.1 Å². The summed E-state index contributed by atoms with van der Waals surface area (Å²) in [5, 5.41) is 7.08.